The summed E-state index contributed by atoms with van der Waals surface area (Å²) in [5.41, 5.74) is 1.97. The number of hydrogen-bond acceptors (Lipinski definition) is 5. The number of halogens is 2. The molecule has 0 radical (unpaired) electrons. The van der Waals surface area contributed by atoms with Gasteiger partial charge in [-0.25, -0.2) is 13.2 Å². The SMILES string of the molecule is CCCC(C(=O)O)N1C(=O)C(Cc2cccc(S(C)(=O)=O)c2)OC(c2ccc(Cl)cc2)C1c1ccc(Cl)cc1. The van der Waals surface area contributed by atoms with Gasteiger partial charge < -0.3 is 14.7 Å². The first-order valence-electron chi connectivity index (χ1n) is 12.5. The fourth-order valence-corrected chi connectivity index (χ4v) is 5.87. The van der Waals surface area contributed by atoms with Gasteiger partial charge in [-0.3, -0.25) is 4.79 Å². The van der Waals surface area contributed by atoms with Gasteiger partial charge in [0, 0.05) is 22.7 Å². The van der Waals surface area contributed by atoms with Crippen molar-refractivity contribution in [3.63, 3.8) is 0 Å². The summed E-state index contributed by atoms with van der Waals surface area (Å²) in [5.74, 6) is -1.59. The van der Waals surface area contributed by atoms with Crippen LogP contribution in [0.2, 0.25) is 10.0 Å². The molecule has 1 saturated heterocycles. The van der Waals surface area contributed by atoms with Crippen LogP contribution >= 0.6 is 23.2 Å². The average molecular weight is 591 g/mol. The zero-order valence-corrected chi connectivity index (χ0v) is 23.8. The van der Waals surface area contributed by atoms with E-state index in [0.29, 0.717) is 33.2 Å². The molecule has 7 nitrogen and oxygen atoms in total. The lowest BCUT2D eigenvalue weighted by Crippen LogP contribution is -2.57. The topological polar surface area (TPSA) is 101 Å². The first-order valence-corrected chi connectivity index (χ1v) is 15.1. The number of carboxylic acid groups (broad SMARTS) is 1. The molecule has 1 fully saturated rings. The molecule has 3 aromatic rings. The van der Waals surface area contributed by atoms with Crippen molar-refractivity contribution in [2.45, 2.75) is 55.4 Å². The Morgan fingerprint density at radius 2 is 1.59 bits per heavy atom. The Morgan fingerprint density at radius 3 is 2.13 bits per heavy atom. The maximum Gasteiger partial charge on any atom is 0.326 e. The van der Waals surface area contributed by atoms with Crippen molar-refractivity contribution in [1.29, 1.82) is 0 Å². The van der Waals surface area contributed by atoms with Gasteiger partial charge in [0.05, 0.1) is 10.9 Å². The molecule has 206 valence electrons. The van der Waals surface area contributed by atoms with Crippen molar-refractivity contribution in [2.75, 3.05) is 6.26 Å². The maximum atomic E-state index is 14.1. The number of ether oxygens (including phenoxy) is 1. The lowest BCUT2D eigenvalue weighted by atomic mass is 9.88. The molecular formula is C29H29Cl2NO6S. The molecule has 1 amide bonds. The second kappa shape index (κ2) is 12.1. The third-order valence-corrected chi connectivity index (χ3v) is 8.38. The van der Waals surface area contributed by atoms with Crippen molar-refractivity contribution in [3.8, 4) is 0 Å². The largest absolute Gasteiger partial charge is 0.480 e. The van der Waals surface area contributed by atoms with Crippen LogP contribution in [0.4, 0.5) is 0 Å². The van der Waals surface area contributed by atoms with Crippen molar-refractivity contribution in [1.82, 2.24) is 4.90 Å². The van der Waals surface area contributed by atoms with Crippen molar-refractivity contribution < 1.29 is 27.9 Å². The van der Waals surface area contributed by atoms with E-state index in [4.69, 9.17) is 27.9 Å². The Bertz CT molecular complexity index is 1440. The van der Waals surface area contributed by atoms with Crippen LogP contribution in [0, 0.1) is 0 Å². The molecule has 4 atom stereocenters. The summed E-state index contributed by atoms with van der Waals surface area (Å²) in [6, 6.07) is 18.4. The standard InChI is InChI=1S/C29H29Cl2NO6S/c1-3-5-24(29(34)35)32-26(19-8-12-21(30)13-9-19)27(20-10-14-22(31)15-11-20)38-25(28(32)33)17-18-6-4-7-23(16-18)39(2,36)37/h4,6-16,24-27H,3,5,17H2,1-2H3,(H,34,35). The molecule has 0 spiro atoms. The lowest BCUT2D eigenvalue weighted by Gasteiger charge is -2.47. The van der Waals surface area contributed by atoms with E-state index in [-0.39, 0.29) is 17.7 Å². The zero-order chi connectivity index (χ0) is 28.3. The second-order valence-corrected chi connectivity index (χ2v) is 12.5. The molecule has 1 heterocycles. The molecule has 1 N–H and O–H groups in total. The minimum atomic E-state index is -3.47. The predicted octanol–water partition coefficient (Wildman–Crippen LogP) is 5.90. The van der Waals surface area contributed by atoms with E-state index in [1.807, 2.05) is 6.92 Å². The molecule has 10 heteroatoms. The predicted molar refractivity (Wildman–Crippen MR) is 150 cm³/mol. The van der Waals surface area contributed by atoms with E-state index >= 15 is 0 Å². The molecule has 1 aliphatic rings. The van der Waals surface area contributed by atoms with Gasteiger partial charge in [0.15, 0.2) is 9.84 Å². The molecule has 3 aromatic carbocycles. The van der Waals surface area contributed by atoms with E-state index in [9.17, 15) is 23.1 Å². The zero-order valence-electron chi connectivity index (χ0n) is 21.5. The normalized spacial score (nSPS) is 20.6. The van der Waals surface area contributed by atoms with Crippen LogP contribution in [0.5, 0.6) is 0 Å². The summed E-state index contributed by atoms with van der Waals surface area (Å²) < 4.78 is 30.7. The van der Waals surface area contributed by atoms with Crippen LogP contribution in [0.3, 0.4) is 0 Å². The van der Waals surface area contributed by atoms with Crippen LogP contribution in [-0.4, -0.2) is 48.7 Å². The monoisotopic (exact) mass is 589 g/mol. The van der Waals surface area contributed by atoms with Gasteiger partial charge in [0.25, 0.3) is 5.91 Å². The molecule has 4 unspecified atom stereocenters. The summed E-state index contributed by atoms with van der Waals surface area (Å²) in [6.07, 6.45) is 0.182. The first kappa shape index (κ1) is 29.1. The lowest BCUT2D eigenvalue weighted by molar-refractivity contribution is -0.184. The minimum Gasteiger partial charge on any atom is -0.480 e. The fourth-order valence-electron chi connectivity index (χ4n) is 4.92. The van der Waals surface area contributed by atoms with Crippen LogP contribution in [-0.2, 0) is 30.6 Å². The smallest absolute Gasteiger partial charge is 0.326 e. The second-order valence-electron chi connectivity index (χ2n) is 9.61. The van der Waals surface area contributed by atoms with Gasteiger partial charge in [-0.2, -0.15) is 0 Å². The number of rotatable bonds is 9. The minimum absolute atomic E-state index is 0.0641. The Labute approximate surface area is 238 Å². The Kier molecular flexibility index (Phi) is 9.01. The quantitative estimate of drug-likeness (QED) is 0.333. The third kappa shape index (κ3) is 6.64. The summed E-state index contributed by atoms with van der Waals surface area (Å²) >= 11 is 12.3. The Morgan fingerprint density at radius 1 is 1.00 bits per heavy atom. The fraction of sp³-hybridized carbons (Fsp3) is 0.310. The molecule has 1 aliphatic heterocycles. The molecule has 0 bridgehead atoms. The molecular weight excluding hydrogens is 561 g/mol. The molecule has 0 aliphatic carbocycles. The highest BCUT2D eigenvalue weighted by Crippen LogP contribution is 2.44. The van der Waals surface area contributed by atoms with Gasteiger partial charge >= 0.3 is 5.97 Å². The summed E-state index contributed by atoms with van der Waals surface area (Å²) in [7, 11) is -3.47. The molecule has 4 rings (SSSR count). The van der Waals surface area contributed by atoms with Gasteiger partial charge in [-0.15, -0.1) is 0 Å². The first-order chi connectivity index (χ1) is 18.5. The highest BCUT2D eigenvalue weighted by Gasteiger charge is 2.48. The maximum absolute atomic E-state index is 14.1. The van der Waals surface area contributed by atoms with E-state index in [0.717, 1.165) is 6.26 Å². The van der Waals surface area contributed by atoms with Gasteiger partial charge in [-0.05, 0) is 59.5 Å². The number of morpholine rings is 1. The van der Waals surface area contributed by atoms with Crippen molar-refractivity contribution in [3.05, 3.63) is 99.5 Å². The van der Waals surface area contributed by atoms with Crippen LogP contribution in [0.25, 0.3) is 0 Å². The van der Waals surface area contributed by atoms with Gasteiger partial charge in [0.2, 0.25) is 0 Å². The highest BCUT2D eigenvalue weighted by molar-refractivity contribution is 7.90. The molecule has 39 heavy (non-hydrogen) atoms. The van der Waals surface area contributed by atoms with Crippen LogP contribution in [0.1, 0.15) is 48.6 Å². The summed E-state index contributed by atoms with van der Waals surface area (Å²) in [5, 5.41) is 11.3. The molecule has 0 saturated carbocycles. The number of sulfone groups is 1. The van der Waals surface area contributed by atoms with E-state index in [2.05, 4.69) is 0 Å². The number of carbonyl (C=O) groups excluding carboxylic acids is 1. The van der Waals surface area contributed by atoms with Crippen LogP contribution < -0.4 is 0 Å². The average Bonchev–Trinajstić information content (AvgIpc) is 2.89. The number of carbonyl (C=O) groups is 2. The number of carboxylic acids is 1. The Hall–Kier alpha value is -2.91. The van der Waals surface area contributed by atoms with Crippen molar-refractivity contribution >= 4 is 44.9 Å². The Balaban J connectivity index is 1.85. The highest BCUT2D eigenvalue weighted by atomic mass is 35.5. The van der Waals surface area contributed by atoms with Crippen LogP contribution in [0.15, 0.2) is 77.7 Å². The number of hydrogen-bond donors (Lipinski definition) is 1. The number of nitrogens with zero attached hydrogens (tertiary/aromatic N) is 1. The van der Waals surface area contributed by atoms with Gasteiger partial charge in [-0.1, -0.05) is 72.9 Å². The van der Waals surface area contributed by atoms with E-state index in [1.54, 1.807) is 60.7 Å². The van der Waals surface area contributed by atoms with E-state index in [1.165, 1.54) is 17.0 Å². The number of amides is 1. The summed E-state index contributed by atoms with van der Waals surface area (Å²) in [6.45, 7) is 1.86. The third-order valence-electron chi connectivity index (χ3n) is 6.77. The molecule has 0 aromatic heterocycles. The van der Waals surface area contributed by atoms with Gasteiger partial charge in [0.1, 0.15) is 18.2 Å². The summed E-state index contributed by atoms with van der Waals surface area (Å²) in [4.78, 5) is 28.2. The number of aliphatic carboxylic acids is 1. The van der Waals surface area contributed by atoms with E-state index < -0.39 is 46.0 Å². The number of benzene rings is 3. The van der Waals surface area contributed by atoms with Crippen molar-refractivity contribution in [2.24, 2.45) is 0 Å².